The highest BCUT2D eigenvalue weighted by Crippen LogP contribution is 2.24. The normalized spacial score (nSPS) is 21.6. The molecule has 2 amide bonds. The average Bonchev–Trinajstić information content (AvgIpc) is 2.37. The SMILES string of the molecule is O=C(Nc1cc(F)cc(Cl)c1)NC1CCCC(C(=O)O)C1. The highest BCUT2D eigenvalue weighted by atomic mass is 35.5. The molecule has 114 valence electrons. The number of benzene rings is 1. The van der Waals surface area contributed by atoms with Gasteiger partial charge < -0.3 is 15.7 Å². The van der Waals surface area contributed by atoms with Crippen LogP contribution in [0.25, 0.3) is 0 Å². The van der Waals surface area contributed by atoms with Gasteiger partial charge in [-0.1, -0.05) is 18.0 Å². The minimum Gasteiger partial charge on any atom is -0.481 e. The van der Waals surface area contributed by atoms with Gasteiger partial charge in [-0.3, -0.25) is 4.79 Å². The van der Waals surface area contributed by atoms with E-state index in [0.29, 0.717) is 12.8 Å². The number of nitrogens with one attached hydrogen (secondary N) is 2. The van der Waals surface area contributed by atoms with Crippen LogP contribution in [0.5, 0.6) is 0 Å². The number of carboxylic acids is 1. The Morgan fingerprint density at radius 3 is 2.71 bits per heavy atom. The summed E-state index contributed by atoms with van der Waals surface area (Å²) < 4.78 is 13.2. The summed E-state index contributed by atoms with van der Waals surface area (Å²) in [5.74, 6) is -1.80. The molecule has 2 unspecified atom stereocenters. The van der Waals surface area contributed by atoms with Crippen molar-refractivity contribution >= 4 is 29.3 Å². The number of carboxylic acid groups (broad SMARTS) is 1. The lowest BCUT2D eigenvalue weighted by atomic mass is 9.86. The number of rotatable bonds is 3. The van der Waals surface area contributed by atoms with Gasteiger partial charge in [0.25, 0.3) is 0 Å². The fourth-order valence-electron chi connectivity index (χ4n) is 2.52. The Hall–Kier alpha value is -1.82. The summed E-state index contributed by atoms with van der Waals surface area (Å²) in [5.41, 5.74) is 0.253. The van der Waals surface area contributed by atoms with Crippen LogP contribution in [-0.2, 0) is 4.79 Å². The maximum absolute atomic E-state index is 13.2. The second-order valence-corrected chi connectivity index (χ2v) is 5.59. The third kappa shape index (κ3) is 4.60. The van der Waals surface area contributed by atoms with Crippen LogP contribution in [0.4, 0.5) is 14.9 Å². The first-order valence-electron chi connectivity index (χ1n) is 6.70. The summed E-state index contributed by atoms with van der Waals surface area (Å²) in [5, 5.41) is 14.4. The van der Waals surface area contributed by atoms with Crippen LogP contribution < -0.4 is 10.6 Å². The van der Waals surface area contributed by atoms with Crippen LogP contribution in [0.15, 0.2) is 18.2 Å². The molecule has 0 radical (unpaired) electrons. The number of hydrogen-bond acceptors (Lipinski definition) is 2. The second-order valence-electron chi connectivity index (χ2n) is 5.16. The molecule has 0 aromatic heterocycles. The molecule has 1 aromatic rings. The third-order valence-electron chi connectivity index (χ3n) is 3.48. The average molecular weight is 315 g/mol. The number of carbonyl (C=O) groups is 2. The number of halogens is 2. The predicted octanol–water partition coefficient (Wildman–Crippen LogP) is 3.24. The van der Waals surface area contributed by atoms with E-state index in [1.807, 2.05) is 0 Å². The number of hydrogen-bond donors (Lipinski definition) is 3. The Bertz CT molecular complexity index is 533. The number of anilines is 1. The van der Waals surface area contributed by atoms with E-state index >= 15 is 0 Å². The van der Waals surface area contributed by atoms with Gasteiger partial charge in [0.1, 0.15) is 5.82 Å². The zero-order valence-corrected chi connectivity index (χ0v) is 12.0. The lowest BCUT2D eigenvalue weighted by Crippen LogP contribution is -2.42. The molecule has 0 spiro atoms. The summed E-state index contributed by atoms with van der Waals surface area (Å²) in [6.45, 7) is 0. The molecule has 5 nitrogen and oxygen atoms in total. The first kappa shape index (κ1) is 15.6. The largest absolute Gasteiger partial charge is 0.481 e. The van der Waals surface area contributed by atoms with E-state index in [1.54, 1.807) is 0 Å². The lowest BCUT2D eigenvalue weighted by molar-refractivity contribution is -0.143. The van der Waals surface area contributed by atoms with Crippen molar-refractivity contribution in [3.8, 4) is 0 Å². The van der Waals surface area contributed by atoms with Crippen LogP contribution >= 0.6 is 11.6 Å². The Morgan fingerprint density at radius 2 is 2.05 bits per heavy atom. The molecule has 0 saturated heterocycles. The molecule has 7 heteroatoms. The molecule has 0 heterocycles. The van der Waals surface area contributed by atoms with E-state index < -0.39 is 23.7 Å². The van der Waals surface area contributed by atoms with Gasteiger partial charge in [-0.15, -0.1) is 0 Å². The maximum atomic E-state index is 13.2. The third-order valence-corrected chi connectivity index (χ3v) is 3.70. The number of aliphatic carboxylic acids is 1. The molecule has 0 bridgehead atoms. The van der Waals surface area contributed by atoms with E-state index in [0.717, 1.165) is 25.0 Å². The van der Waals surface area contributed by atoms with Crippen molar-refractivity contribution in [3.63, 3.8) is 0 Å². The quantitative estimate of drug-likeness (QED) is 0.801. The van der Waals surface area contributed by atoms with E-state index in [-0.39, 0.29) is 16.8 Å². The fourth-order valence-corrected chi connectivity index (χ4v) is 2.75. The lowest BCUT2D eigenvalue weighted by Gasteiger charge is -2.27. The molecule has 1 fully saturated rings. The van der Waals surface area contributed by atoms with Crippen LogP contribution in [0.1, 0.15) is 25.7 Å². The Balaban J connectivity index is 1.90. The van der Waals surface area contributed by atoms with Crippen molar-refractivity contribution in [2.75, 3.05) is 5.32 Å². The molecule has 1 saturated carbocycles. The highest BCUT2D eigenvalue weighted by Gasteiger charge is 2.27. The van der Waals surface area contributed by atoms with Gasteiger partial charge >= 0.3 is 12.0 Å². The van der Waals surface area contributed by atoms with Gasteiger partial charge in [-0.2, -0.15) is 0 Å². The fraction of sp³-hybridized carbons (Fsp3) is 0.429. The van der Waals surface area contributed by atoms with Crippen molar-refractivity contribution in [3.05, 3.63) is 29.0 Å². The van der Waals surface area contributed by atoms with E-state index in [4.69, 9.17) is 16.7 Å². The van der Waals surface area contributed by atoms with Gasteiger partial charge in [-0.05, 0) is 37.5 Å². The molecule has 1 aliphatic carbocycles. The number of urea groups is 1. The van der Waals surface area contributed by atoms with Crippen LogP contribution in [0.2, 0.25) is 5.02 Å². The summed E-state index contributed by atoms with van der Waals surface area (Å²) in [4.78, 5) is 22.8. The smallest absolute Gasteiger partial charge is 0.319 e. The minimum atomic E-state index is -0.834. The monoisotopic (exact) mass is 314 g/mol. The van der Waals surface area contributed by atoms with Crippen molar-refractivity contribution in [2.45, 2.75) is 31.7 Å². The van der Waals surface area contributed by atoms with Crippen molar-refractivity contribution in [1.29, 1.82) is 0 Å². The van der Waals surface area contributed by atoms with E-state index in [2.05, 4.69) is 10.6 Å². The molecule has 2 atom stereocenters. The minimum absolute atomic E-state index is 0.189. The van der Waals surface area contributed by atoms with E-state index in [9.17, 15) is 14.0 Å². The van der Waals surface area contributed by atoms with Crippen LogP contribution in [0, 0.1) is 11.7 Å². The molecular weight excluding hydrogens is 299 g/mol. The summed E-state index contributed by atoms with van der Waals surface area (Å²) in [6.07, 6.45) is 2.54. The van der Waals surface area contributed by atoms with Crippen LogP contribution in [-0.4, -0.2) is 23.1 Å². The van der Waals surface area contributed by atoms with Gasteiger partial charge in [0.2, 0.25) is 0 Å². The molecule has 1 aliphatic rings. The second kappa shape index (κ2) is 6.76. The van der Waals surface area contributed by atoms with Crippen molar-refractivity contribution in [2.24, 2.45) is 5.92 Å². The summed E-state index contributed by atoms with van der Waals surface area (Å²) in [6, 6.07) is 3.05. The molecule has 3 N–H and O–H groups in total. The molecular formula is C14H16ClFN2O3. The molecule has 1 aromatic carbocycles. The van der Waals surface area contributed by atoms with Gasteiger partial charge in [0.05, 0.1) is 5.92 Å². The van der Waals surface area contributed by atoms with Gasteiger partial charge in [0.15, 0.2) is 0 Å². The van der Waals surface area contributed by atoms with Crippen molar-refractivity contribution < 1.29 is 19.1 Å². The van der Waals surface area contributed by atoms with Crippen molar-refractivity contribution in [1.82, 2.24) is 5.32 Å². The van der Waals surface area contributed by atoms with E-state index in [1.165, 1.54) is 6.07 Å². The first-order chi connectivity index (χ1) is 9.94. The first-order valence-corrected chi connectivity index (χ1v) is 7.08. The molecule has 0 aliphatic heterocycles. The predicted molar refractivity (Wildman–Crippen MR) is 76.9 cm³/mol. The standard InChI is InChI=1S/C14H16ClFN2O3/c15-9-5-10(16)7-12(6-9)18-14(21)17-11-3-1-2-8(4-11)13(19)20/h5-8,11H,1-4H2,(H,19,20)(H2,17,18,21). The maximum Gasteiger partial charge on any atom is 0.319 e. The zero-order chi connectivity index (χ0) is 15.4. The number of amides is 2. The van der Waals surface area contributed by atoms with Gasteiger partial charge in [0, 0.05) is 16.8 Å². The Morgan fingerprint density at radius 1 is 1.29 bits per heavy atom. The number of carbonyl (C=O) groups excluding carboxylic acids is 1. The molecule has 2 rings (SSSR count). The highest BCUT2D eigenvalue weighted by molar-refractivity contribution is 6.30. The van der Waals surface area contributed by atoms with Gasteiger partial charge in [-0.25, -0.2) is 9.18 Å². The van der Waals surface area contributed by atoms with Crippen LogP contribution in [0.3, 0.4) is 0 Å². The summed E-state index contributed by atoms with van der Waals surface area (Å²) >= 11 is 5.70. The molecule has 21 heavy (non-hydrogen) atoms. The Kier molecular flexibility index (Phi) is 5.01. The zero-order valence-electron chi connectivity index (χ0n) is 11.2. The Labute approximate surface area is 126 Å². The summed E-state index contributed by atoms with van der Waals surface area (Å²) in [7, 11) is 0. The topological polar surface area (TPSA) is 78.4 Å².